The van der Waals surface area contributed by atoms with Gasteiger partial charge in [-0.05, 0) is 26.0 Å². The predicted molar refractivity (Wildman–Crippen MR) is 70.9 cm³/mol. The van der Waals surface area contributed by atoms with E-state index in [1.165, 1.54) is 6.07 Å². The van der Waals surface area contributed by atoms with Crippen LogP contribution in [0.15, 0.2) is 18.2 Å². The van der Waals surface area contributed by atoms with Crippen molar-refractivity contribution in [3.8, 4) is 0 Å². The minimum Gasteiger partial charge on any atom is -0.362 e. The van der Waals surface area contributed by atoms with Crippen LogP contribution in [-0.4, -0.2) is 25.5 Å². The summed E-state index contributed by atoms with van der Waals surface area (Å²) >= 11 is 0. The van der Waals surface area contributed by atoms with Crippen molar-refractivity contribution >= 4 is 11.6 Å². The molecule has 5 heteroatoms. The molecule has 3 N–H and O–H groups in total. The van der Waals surface area contributed by atoms with Gasteiger partial charge >= 0.3 is 0 Å². The van der Waals surface area contributed by atoms with Gasteiger partial charge in [0.05, 0.1) is 6.54 Å². The van der Waals surface area contributed by atoms with Gasteiger partial charge in [0.2, 0.25) is 5.91 Å². The van der Waals surface area contributed by atoms with Gasteiger partial charge in [0.25, 0.3) is 0 Å². The van der Waals surface area contributed by atoms with Gasteiger partial charge in [-0.15, -0.1) is 0 Å². The van der Waals surface area contributed by atoms with Gasteiger partial charge in [-0.3, -0.25) is 4.79 Å². The largest absolute Gasteiger partial charge is 0.362 e. The summed E-state index contributed by atoms with van der Waals surface area (Å²) in [4.78, 5) is 13.4. The molecule has 0 aliphatic rings. The quantitative estimate of drug-likeness (QED) is 0.802. The Morgan fingerprint density at radius 3 is 2.72 bits per heavy atom. The maximum absolute atomic E-state index is 13.6. The van der Waals surface area contributed by atoms with Gasteiger partial charge in [-0.1, -0.05) is 6.07 Å². The number of nitrogens with two attached hydrogens (primary N) is 1. The summed E-state index contributed by atoms with van der Waals surface area (Å²) in [5, 5.41) is 2.73. The van der Waals surface area contributed by atoms with E-state index in [1.807, 2.05) is 18.7 Å². The third-order valence-electron chi connectivity index (χ3n) is 2.73. The van der Waals surface area contributed by atoms with E-state index in [0.717, 1.165) is 0 Å². The summed E-state index contributed by atoms with van der Waals surface area (Å²) in [7, 11) is 0. The van der Waals surface area contributed by atoms with Crippen molar-refractivity contribution in [3.63, 3.8) is 0 Å². The molecule has 1 rings (SSSR count). The van der Waals surface area contributed by atoms with Crippen molar-refractivity contribution in [1.29, 1.82) is 0 Å². The third-order valence-corrected chi connectivity index (χ3v) is 2.73. The van der Waals surface area contributed by atoms with Crippen LogP contribution in [0.25, 0.3) is 0 Å². The average molecular weight is 253 g/mol. The number of amides is 1. The van der Waals surface area contributed by atoms with E-state index in [9.17, 15) is 9.18 Å². The molecule has 0 saturated heterocycles. The Morgan fingerprint density at radius 1 is 1.44 bits per heavy atom. The zero-order valence-electron chi connectivity index (χ0n) is 10.9. The molecule has 100 valence electrons. The molecule has 4 nitrogen and oxygen atoms in total. The zero-order chi connectivity index (χ0) is 13.5. The first-order valence-electron chi connectivity index (χ1n) is 6.13. The van der Waals surface area contributed by atoms with Crippen LogP contribution >= 0.6 is 0 Å². The number of carbonyl (C=O) groups is 1. The second kappa shape index (κ2) is 6.96. The topological polar surface area (TPSA) is 58.4 Å². The summed E-state index contributed by atoms with van der Waals surface area (Å²) in [5.74, 6) is -0.407. The number of nitrogens with zero attached hydrogens (tertiary/aromatic N) is 1. The number of anilines is 1. The number of benzene rings is 1. The second-order valence-electron chi connectivity index (χ2n) is 3.91. The minimum absolute atomic E-state index is 0.0772. The average Bonchev–Trinajstić information content (AvgIpc) is 2.36. The Hall–Kier alpha value is -1.62. The van der Waals surface area contributed by atoms with E-state index in [-0.39, 0.29) is 24.8 Å². The van der Waals surface area contributed by atoms with Crippen molar-refractivity contribution in [2.75, 3.05) is 24.5 Å². The molecule has 1 aromatic rings. The zero-order valence-corrected chi connectivity index (χ0v) is 10.9. The predicted octanol–water partition coefficient (Wildman–Crippen LogP) is 1.25. The van der Waals surface area contributed by atoms with Gasteiger partial charge in [-0.25, -0.2) is 4.39 Å². The van der Waals surface area contributed by atoms with Crippen LogP contribution in [0.1, 0.15) is 19.4 Å². The van der Waals surface area contributed by atoms with E-state index in [2.05, 4.69) is 5.32 Å². The van der Waals surface area contributed by atoms with Crippen molar-refractivity contribution in [1.82, 2.24) is 5.32 Å². The molecule has 18 heavy (non-hydrogen) atoms. The van der Waals surface area contributed by atoms with Crippen molar-refractivity contribution in [2.24, 2.45) is 5.73 Å². The molecule has 0 heterocycles. The molecule has 0 atom stereocenters. The minimum atomic E-state index is -0.329. The molecule has 0 fully saturated rings. The number of halogens is 1. The van der Waals surface area contributed by atoms with Crippen LogP contribution in [0.3, 0.4) is 0 Å². The molecule has 0 aromatic heterocycles. The Labute approximate surface area is 107 Å². The molecule has 1 amide bonds. The number of nitrogens with one attached hydrogen (secondary N) is 1. The lowest BCUT2D eigenvalue weighted by molar-refractivity contribution is -0.119. The second-order valence-corrected chi connectivity index (χ2v) is 3.91. The van der Waals surface area contributed by atoms with Gasteiger partial charge in [0, 0.05) is 30.9 Å². The summed E-state index contributed by atoms with van der Waals surface area (Å²) in [6.45, 7) is 5.32. The van der Waals surface area contributed by atoms with Gasteiger partial charge in [-0.2, -0.15) is 0 Å². The normalized spacial score (nSPS) is 10.2. The van der Waals surface area contributed by atoms with Crippen molar-refractivity contribution in [2.45, 2.75) is 20.4 Å². The first-order chi connectivity index (χ1) is 8.63. The smallest absolute Gasteiger partial charge is 0.239 e. The highest BCUT2D eigenvalue weighted by atomic mass is 19.1. The molecule has 0 aliphatic heterocycles. The lowest BCUT2D eigenvalue weighted by atomic mass is 10.1. The van der Waals surface area contributed by atoms with E-state index in [1.54, 1.807) is 12.1 Å². The maximum atomic E-state index is 13.6. The van der Waals surface area contributed by atoms with Crippen LogP contribution < -0.4 is 16.0 Å². The van der Waals surface area contributed by atoms with E-state index >= 15 is 0 Å². The molecule has 0 unspecified atom stereocenters. The molecule has 0 saturated carbocycles. The van der Waals surface area contributed by atoms with E-state index < -0.39 is 0 Å². The summed E-state index contributed by atoms with van der Waals surface area (Å²) in [6.07, 6.45) is 0. The van der Waals surface area contributed by atoms with Gasteiger partial charge in [0.15, 0.2) is 0 Å². The maximum Gasteiger partial charge on any atom is 0.239 e. The molecule has 0 radical (unpaired) electrons. The lowest BCUT2D eigenvalue weighted by Crippen LogP contribution is -2.37. The van der Waals surface area contributed by atoms with Gasteiger partial charge < -0.3 is 16.0 Å². The first-order valence-corrected chi connectivity index (χ1v) is 6.13. The fourth-order valence-electron chi connectivity index (χ4n) is 1.84. The lowest BCUT2D eigenvalue weighted by Gasteiger charge is -2.25. The monoisotopic (exact) mass is 253 g/mol. The number of hydrogen-bond acceptors (Lipinski definition) is 3. The molecular weight excluding hydrogens is 233 g/mol. The van der Waals surface area contributed by atoms with Crippen LogP contribution in [0.5, 0.6) is 0 Å². The van der Waals surface area contributed by atoms with E-state index in [4.69, 9.17) is 5.73 Å². The van der Waals surface area contributed by atoms with Gasteiger partial charge in [0.1, 0.15) is 5.82 Å². The van der Waals surface area contributed by atoms with Crippen LogP contribution in [0, 0.1) is 5.82 Å². The Kier molecular flexibility index (Phi) is 5.58. The van der Waals surface area contributed by atoms with E-state index in [0.29, 0.717) is 24.3 Å². The fourth-order valence-corrected chi connectivity index (χ4v) is 1.84. The highest BCUT2D eigenvalue weighted by Crippen LogP contribution is 2.22. The third kappa shape index (κ3) is 3.43. The molecule has 0 bridgehead atoms. The summed E-state index contributed by atoms with van der Waals surface area (Å²) in [5.41, 5.74) is 6.70. The first kappa shape index (κ1) is 14.4. The van der Waals surface area contributed by atoms with Crippen molar-refractivity contribution in [3.05, 3.63) is 29.6 Å². The fraction of sp³-hybridized carbons (Fsp3) is 0.462. The SMILES string of the molecule is CCNC(=O)CN(CC)c1cccc(F)c1CN. The Morgan fingerprint density at radius 2 is 2.17 bits per heavy atom. The Bertz CT molecular complexity index is 409. The van der Waals surface area contributed by atoms with Crippen LogP contribution in [-0.2, 0) is 11.3 Å². The Balaban J connectivity index is 2.94. The summed E-state index contributed by atoms with van der Waals surface area (Å²) < 4.78 is 13.6. The summed E-state index contributed by atoms with van der Waals surface area (Å²) in [6, 6.07) is 4.80. The highest BCUT2D eigenvalue weighted by molar-refractivity contribution is 5.81. The van der Waals surface area contributed by atoms with Crippen LogP contribution in [0.2, 0.25) is 0 Å². The van der Waals surface area contributed by atoms with Crippen molar-refractivity contribution < 1.29 is 9.18 Å². The van der Waals surface area contributed by atoms with Crippen LogP contribution in [0.4, 0.5) is 10.1 Å². The number of likely N-dealkylation sites (N-methyl/N-ethyl adjacent to an activating group) is 2. The number of rotatable bonds is 6. The number of carbonyl (C=O) groups excluding carboxylic acids is 1. The highest BCUT2D eigenvalue weighted by Gasteiger charge is 2.14. The molecule has 0 aliphatic carbocycles. The number of hydrogen-bond donors (Lipinski definition) is 2. The molecule has 0 spiro atoms. The standard InChI is InChI=1S/C13H20FN3O/c1-3-16-13(18)9-17(4-2)12-7-5-6-11(14)10(12)8-15/h5-7H,3-4,8-9,15H2,1-2H3,(H,16,18). The molecular formula is C13H20FN3O. The molecule has 1 aromatic carbocycles.